The monoisotopic (exact) mass is 364 g/mol. The van der Waals surface area contributed by atoms with Crippen LogP contribution < -0.4 is 19.5 Å². The van der Waals surface area contributed by atoms with Crippen LogP contribution in [0.3, 0.4) is 0 Å². The Balaban J connectivity index is 1.64. The minimum atomic E-state index is -3.69. The first kappa shape index (κ1) is 17.4. The highest BCUT2D eigenvalue weighted by molar-refractivity contribution is 7.92. The first-order valence-electron chi connectivity index (χ1n) is 7.84. The van der Waals surface area contributed by atoms with Crippen molar-refractivity contribution in [2.75, 3.05) is 37.1 Å². The smallest absolute Gasteiger partial charge is 0.262 e. The van der Waals surface area contributed by atoms with Crippen LogP contribution in [0.5, 0.6) is 11.5 Å². The van der Waals surface area contributed by atoms with E-state index >= 15 is 0 Å². The van der Waals surface area contributed by atoms with Crippen molar-refractivity contribution in [3.8, 4) is 11.5 Å². The molecule has 2 aromatic rings. The third-order valence-electron chi connectivity index (χ3n) is 3.65. The summed E-state index contributed by atoms with van der Waals surface area (Å²) in [7, 11) is -2.03. The van der Waals surface area contributed by atoms with Crippen molar-refractivity contribution in [1.29, 1.82) is 0 Å². The molecule has 0 saturated heterocycles. The number of hydrogen-bond acceptors (Lipinski definition) is 6. The molecule has 0 unspecified atom stereocenters. The average molecular weight is 364 g/mol. The van der Waals surface area contributed by atoms with E-state index < -0.39 is 10.0 Å². The summed E-state index contributed by atoms with van der Waals surface area (Å²) < 4.78 is 43.0. The second kappa shape index (κ2) is 7.62. The number of benzene rings is 2. The van der Waals surface area contributed by atoms with Gasteiger partial charge in [0.25, 0.3) is 10.0 Å². The lowest BCUT2D eigenvalue weighted by molar-refractivity contribution is 0.174. The zero-order valence-electron chi connectivity index (χ0n) is 13.8. The summed E-state index contributed by atoms with van der Waals surface area (Å²) in [5, 5.41) is 3.24. The number of rotatable bonds is 8. The number of nitrogens with one attached hydrogen (secondary N) is 2. The molecular weight excluding hydrogens is 344 g/mol. The predicted molar refractivity (Wildman–Crippen MR) is 94.8 cm³/mol. The number of ether oxygens (including phenoxy) is 3. The molecule has 0 saturated carbocycles. The largest absolute Gasteiger partial charge is 0.454 e. The van der Waals surface area contributed by atoms with Crippen LogP contribution in [0.4, 0.5) is 11.4 Å². The second-order valence-corrected chi connectivity index (χ2v) is 7.15. The van der Waals surface area contributed by atoms with Crippen molar-refractivity contribution in [1.82, 2.24) is 0 Å². The Morgan fingerprint density at radius 2 is 1.76 bits per heavy atom. The Labute approximate surface area is 147 Å². The standard InChI is InChI=1S/C17H20N2O5S/c1-22-10-2-9-18-13-3-5-14(6-4-13)19-25(20,21)15-7-8-16-17(11-15)24-12-23-16/h3-8,11,18-19H,2,9-10,12H2,1H3. The summed E-state index contributed by atoms with van der Waals surface area (Å²) in [5.41, 5.74) is 1.40. The Hall–Kier alpha value is -2.45. The molecule has 2 N–H and O–H groups in total. The van der Waals surface area contributed by atoms with Crippen LogP contribution in [0.2, 0.25) is 0 Å². The third kappa shape index (κ3) is 4.34. The summed E-state index contributed by atoms with van der Waals surface area (Å²) in [6, 6.07) is 11.6. The molecule has 8 heteroatoms. The van der Waals surface area contributed by atoms with Crippen LogP contribution in [0.1, 0.15) is 6.42 Å². The van der Waals surface area contributed by atoms with E-state index in [1.54, 1.807) is 25.3 Å². The number of anilines is 2. The zero-order valence-corrected chi connectivity index (χ0v) is 14.6. The minimum Gasteiger partial charge on any atom is -0.454 e. The molecule has 0 atom stereocenters. The maximum absolute atomic E-state index is 12.5. The van der Waals surface area contributed by atoms with Gasteiger partial charge in [-0.3, -0.25) is 4.72 Å². The highest BCUT2D eigenvalue weighted by Crippen LogP contribution is 2.34. The topological polar surface area (TPSA) is 85.9 Å². The van der Waals surface area contributed by atoms with Crippen molar-refractivity contribution in [2.45, 2.75) is 11.3 Å². The molecule has 2 aromatic carbocycles. The van der Waals surface area contributed by atoms with E-state index in [-0.39, 0.29) is 11.7 Å². The van der Waals surface area contributed by atoms with Gasteiger partial charge >= 0.3 is 0 Å². The second-order valence-electron chi connectivity index (χ2n) is 5.47. The van der Waals surface area contributed by atoms with Gasteiger partial charge in [-0.2, -0.15) is 0 Å². The molecule has 1 aliphatic rings. The van der Waals surface area contributed by atoms with Crippen LogP contribution in [0, 0.1) is 0 Å². The molecule has 0 aliphatic carbocycles. The van der Waals surface area contributed by atoms with Crippen molar-refractivity contribution in [3.05, 3.63) is 42.5 Å². The van der Waals surface area contributed by atoms with E-state index in [1.165, 1.54) is 12.1 Å². The minimum absolute atomic E-state index is 0.102. The van der Waals surface area contributed by atoms with Gasteiger partial charge in [-0.1, -0.05) is 0 Å². The van der Waals surface area contributed by atoms with Gasteiger partial charge in [-0.15, -0.1) is 0 Å². The molecule has 0 amide bonds. The summed E-state index contributed by atoms with van der Waals surface area (Å²) in [6.07, 6.45) is 0.898. The van der Waals surface area contributed by atoms with E-state index in [9.17, 15) is 8.42 Å². The summed E-state index contributed by atoms with van der Waals surface area (Å²) in [6.45, 7) is 1.58. The van der Waals surface area contributed by atoms with Gasteiger partial charge in [-0.25, -0.2) is 8.42 Å². The maximum Gasteiger partial charge on any atom is 0.262 e. The number of hydrogen-bond donors (Lipinski definition) is 2. The van der Waals surface area contributed by atoms with Crippen molar-refractivity contribution < 1.29 is 22.6 Å². The molecule has 7 nitrogen and oxygen atoms in total. The van der Waals surface area contributed by atoms with Gasteiger partial charge in [-0.05, 0) is 42.8 Å². The molecule has 0 radical (unpaired) electrons. The molecule has 3 rings (SSSR count). The number of sulfonamides is 1. The quantitative estimate of drug-likeness (QED) is 0.701. The van der Waals surface area contributed by atoms with Crippen LogP contribution in [0.15, 0.2) is 47.4 Å². The zero-order chi connectivity index (χ0) is 17.7. The molecule has 134 valence electrons. The van der Waals surface area contributed by atoms with E-state index in [1.807, 2.05) is 12.1 Å². The van der Waals surface area contributed by atoms with Crippen molar-refractivity contribution >= 4 is 21.4 Å². The fraction of sp³-hybridized carbons (Fsp3) is 0.294. The predicted octanol–water partition coefficient (Wildman–Crippen LogP) is 2.66. The molecule has 1 heterocycles. The molecule has 1 aliphatic heterocycles. The van der Waals surface area contributed by atoms with Crippen molar-refractivity contribution in [2.24, 2.45) is 0 Å². The first-order valence-corrected chi connectivity index (χ1v) is 9.32. The van der Waals surface area contributed by atoms with Crippen LogP contribution in [-0.4, -0.2) is 35.5 Å². The molecular formula is C17H20N2O5S. The van der Waals surface area contributed by atoms with E-state index in [2.05, 4.69) is 10.0 Å². The number of methoxy groups -OCH3 is 1. The van der Waals surface area contributed by atoms with Gasteiger partial charge in [0.2, 0.25) is 6.79 Å². The van der Waals surface area contributed by atoms with Gasteiger partial charge in [0.1, 0.15) is 0 Å². The van der Waals surface area contributed by atoms with E-state index in [4.69, 9.17) is 14.2 Å². The Bertz CT molecular complexity index is 821. The van der Waals surface area contributed by atoms with Gasteiger partial charge in [0.15, 0.2) is 11.5 Å². The van der Waals surface area contributed by atoms with E-state index in [0.29, 0.717) is 23.8 Å². The fourth-order valence-corrected chi connectivity index (χ4v) is 3.44. The van der Waals surface area contributed by atoms with Crippen molar-refractivity contribution in [3.63, 3.8) is 0 Å². The highest BCUT2D eigenvalue weighted by Gasteiger charge is 2.20. The van der Waals surface area contributed by atoms with Gasteiger partial charge in [0, 0.05) is 37.7 Å². The molecule has 0 spiro atoms. The third-order valence-corrected chi connectivity index (χ3v) is 5.02. The molecule has 0 aromatic heterocycles. The SMILES string of the molecule is COCCCNc1ccc(NS(=O)(=O)c2ccc3c(c2)OCO3)cc1. The number of fused-ring (bicyclic) bond motifs is 1. The highest BCUT2D eigenvalue weighted by atomic mass is 32.2. The molecule has 0 bridgehead atoms. The average Bonchev–Trinajstić information content (AvgIpc) is 3.07. The Morgan fingerprint density at radius 1 is 1.04 bits per heavy atom. The summed E-state index contributed by atoms with van der Waals surface area (Å²) in [5.74, 6) is 0.973. The van der Waals surface area contributed by atoms with Crippen LogP contribution in [-0.2, 0) is 14.8 Å². The Kier molecular flexibility index (Phi) is 5.30. The molecule has 25 heavy (non-hydrogen) atoms. The lowest BCUT2D eigenvalue weighted by atomic mass is 10.3. The lowest BCUT2D eigenvalue weighted by Crippen LogP contribution is -2.13. The Morgan fingerprint density at radius 3 is 2.52 bits per heavy atom. The van der Waals surface area contributed by atoms with Gasteiger partial charge in [0.05, 0.1) is 4.90 Å². The van der Waals surface area contributed by atoms with E-state index in [0.717, 1.165) is 18.7 Å². The summed E-state index contributed by atoms with van der Waals surface area (Å²) in [4.78, 5) is 0.124. The fourth-order valence-electron chi connectivity index (χ4n) is 2.36. The summed E-state index contributed by atoms with van der Waals surface area (Å²) >= 11 is 0. The molecule has 0 fully saturated rings. The first-order chi connectivity index (χ1) is 12.1. The van der Waals surface area contributed by atoms with Gasteiger partial charge < -0.3 is 19.5 Å². The van der Waals surface area contributed by atoms with Crippen LogP contribution in [0.25, 0.3) is 0 Å². The maximum atomic E-state index is 12.5. The normalized spacial score (nSPS) is 12.8. The van der Waals surface area contributed by atoms with Crippen LogP contribution >= 0.6 is 0 Å². The lowest BCUT2D eigenvalue weighted by Gasteiger charge is -2.10.